The van der Waals surface area contributed by atoms with Gasteiger partial charge in [-0.25, -0.2) is 14.4 Å². The highest BCUT2D eigenvalue weighted by atomic mass is 16.5. The minimum Gasteiger partial charge on any atom is -0.478 e. The fourth-order valence-corrected chi connectivity index (χ4v) is 4.25. The van der Waals surface area contributed by atoms with Crippen molar-refractivity contribution in [1.29, 1.82) is 5.26 Å². The minimum atomic E-state index is -1.05. The molecule has 3 aromatic carbocycles. The van der Waals surface area contributed by atoms with Gasteiger partial charge in [0.25, 0.3) is 0 Å². The van der Waals surface area contributed by atoms with Crippen molar-refractivity contribution in [2.75, 3.05) is 19.1 Å². The van der Waals surface area contributed by atoms with E-state index >= 15 is 0 Å². The average molecular weight is 526 g/mol. The van der Waals surface area contributed by atoms with Gasteiger partial charge in [-0.1, -0.05) is 30.3 Å². The molecule has 0 amide bonds. The quantitative estimate of drug-likeness (QED) is 0.432. The molecule has 1 heterocycles. The van der Waals surface area contributed by atoms with Gasteiger partial charge in [0.05, 0.1) is 42.9 Å². The summed E-state index contributed by atoms with van der Waals surface area (Å²) >= 11 is 0. The molecular weight excluding hydrogens is 502 g/mol. The Morgan fingerprint density at radius 1 is 0.872 bits per heavy atom. The molecule has 0 saturated heterocycles. The van der Waals surface area contributed by atoms with Crippen LogP contribution in [0.15, 0.2) is 102 Å². The van der Waals surface area contributed by atoms with E-state index < -0.39 is 23.8 Å². The number of carbonyl (C=O) groups is 3. The predicted molar refractivity (Wildman–Crippen MR) is 139 cm³/mol. The van der Waals surface area contributed by atoms with Crippen molar-refractivity contribution < 1.29 is 33.7 Å². The number of esters is 2. The fraction of sp³-hybridized carbons (Fsp3) is 0.103. The van der Waals surface area contributed by atoms with Gasteiger partial charge in [0.15, 0.2) is 0 Å². The Kier molecular flexibility index (Phi) is 7.63. The Balaban J connectivity index is 1.81. The predicted octanol–water partition coefficient (Wildman–Crippen LogP) is 4.07. The summed E-state index contributed by atoms with van der Waals surface area (Å²) in [5.41, 5.74) is 7.29. The van der Waals surface area contributed by atoms with Gasteiger partial charge in [-0.05, 0) is 54.1 Å². The lowest BCUT2D eigenvalue weighted by Gasteiger charge is -2.35. The van der Waals surface area contributed by atoms with Crippen molar-refractivity contribution in [3.8, 4) is 17.6 Å². The Hall–Kier alpha value is -5.56. The summed E-state index contributed by atoms with van der Waals surface area (Å²) in [7, 11) is 2.35. The zero-order valence-electron chi connectivity index (χ0n) is 21.0. The SMILES string of the molecule is COC(=O)C1=C(C(=O)OC)N(c2ccc(Oc3ccc(C(=O)O)cc3)cc2)C(N)=C(C#N)C1c1ccccc1. The van der Waals surface area contributed by atoms with Crippen LogP contribution in [0.3, 0.4) is 0 Å². The summed E-state index contributed by atoms with van der Waals surface area (Å²) in [6.07, 6.45) is 0. The van der Waals surface area contributed by atoms with Crippen LogP contribution in [0.1, 0.15) is 21.8 Å². The number of allylic oxidation sites excluding steroid dienone is 1. The normalized spacial score (nSPS) is 14.9. The number of nitrogens with two attached hydrogens (primary N) is 1. The smallest absolute Gasteiger partial charge is 0.355 e. The van der Waals surface area contributed by atoms with Crippen LogP contribution in [0, 0.1) is 11.3 Å². The second-order valence-electron chi connectivity index (χ2n) is 8.26. The van der Waals surface area contributed by atoms with Gasteiger partial charge >= 0.3 is 17.9 Å². The first-order valence-electron chi connectivity index (χ1n) is 11.6. The lowest BCUT2D eigenvalue weighted by Crippen LogP contribution is -2.40. The maximum Gasteiger partial charge on any atom is 0.355 e. The molecule has 1 atom stereocenters. The Labute approximate surface area is 223 Å². The third-order valence-corrected chi connectivity index (χ3v) is 6.04. The number of carboxylic acids is 1. The van der Waals surface area contributed by atoms with E-state index in [1.807, 2.05) is 0 Å². The van der Waals surface area contributed by atoms with Gasteiger partial charge in [0.2, 0.25) is 0 Å². The molecule has 10 heteroatoms. The summed E-state index contributed by atoms with van der Waals surface area (Å²) in [6, 6.07) is 23.0. The first kappa shape index (κ1) is 26.5. The molecule has 39 heavy (non-hydrogen) atoms. The molecule has 1 aliphatic rings. The summed E-state index contributed by atoms with van der Waals surface area (Å²) in [6.45, 7) is 0. The highest BCUT2D eigenvalue weighted by molar-refractivity contribution is 6.06. The Morgan fingerprint density at radius 3 is 1.95 bits per heavy atom. The second-order valence-corrected chi connectivity index (χ2v) is 8.26. The second kappa shape index (κ2) is 11.2. The maximum atomic E-state index is 13.1. The highest BCUT2D eigenvalue weighted by Gasteiger charge is 2.42. The molecule has 0 aliphatic carbocycles. The van der Waals surface area contributed by atoms with Crippen molar-refractivity contribution in [3.05, 3.63) is 113 Å². The van der Waals surface area contributed by atoms with Crippen molar-refractivity contribution in [2.24, 2.45) is 5.73 Å². The van der Waals surface area contributed by atoms with E-state index in [-0.39, 0.29) is 28.2 Å². The van der Waals surface area contributed by atoms with Crippen LogP contribution in [-0.4, -0.2) is 37.2 Å². The van der Waals surface area contributed by atoms with Crippen LogP contribution in [0.2, 0.25) is 0 Å². The molecular formula is C29H23N3O7. The van der Waals surface area contributed by atoms with E-state index in [4.69, 9.17) is 25.1 Å². The lowest BCUT2D eigenvalue weighted by molar-refractivity contribution is -0.139. The summed E-state index contributed by atoms with van der Waals surface area (Å²) < 4.78 is 15.8. The maximum absolute atomic E-state index is 13.1. The fourth-order valence-electron chi connectivity index (χ4n) is 4.25. The number of aromatic carboxylic acids is 1. The molecule has 0 saturated carbocycles. The number of anilines is 1. The Morgan fingerprint density at radius 2 is 1.44 bits per heavy atom. The number of nitriles is 1. The van der Waals surface area contributed by atoms with Crippen LogP contribution in [0.5, 0.6) is 11.5 Å². The third-order valence-electron chi connectivity index (χ3n) is 6.04. The van der Waals surface area contributed by atoms with E-state index in [9.17, 15) is 19.6 Å². The van der Waals surface area contributed by atoms with E-state index in [0.29, 0.717) is 22.7 Å². The zero-order chi connectivity index (χ0) is 28.1. The van der Waals surface area contributed by atoms with E-state index in [1.165, 1.54) is 43.4 Å². The number of benzene rings is 3. The highest BCUT2D eigenvalue weighted by Crippen LogP contribution is 2.43. The minimum absolute atomic E-state index is 0.0492. The lowest BCUT2D eigenvalue weighted by atomic mass is 9.81. The van der Waals surface area contributed by atoms with Gasteiger partial charge < -0.3 is 25.1 Å². The molecule has 3 N–H and O–H groups in total. The molecule has 3 aromatic rings. The van der Waals surface area contributed by atoms with Crippen LogP contribution in [-0.2, 0) is 19.1 Å². The summed E-state index contributed by atoms with van der Waals surface area (Å²) in [5.74, 6) is -2.94. The first-order valence-corrected chi connectivity index (χ1v) is 11.6. The average Bonchev–Trinajstić information content (AvgIpc) is 2.97. The molecule has 0 aromatic heterocycles. The van der Waals surface area contributed by atoms with E-state index in [1.54, 1.807) is 54.6 Å². The molecule has 4 rings (SSSR count). The monoisotopic (exact) mass is 525 g/mol. The molecule has 0 fully saturated rings. The van der Waals surface area contributed by atoms with E-state index in [2.05, 4.69) is 6.07 Å². The third kappa shape index (κ3) is 5.14. The first-order chi connectivity index (χ1) is 18.8. The summed E-state index contributed by atoms with van der Waals surface area (Å²) in [4.78, 5) is 38.6. The van der Waals surface area contributed by atoms with Crippen LogP contribution in [0.25, 0.3) is 0 Å². The number of hydrogen-bond donors (Lipinski definition) is 2. The zero-order valence-corrected chi connectivity index (χ0v) is 21.0. The number of rotatable bonds is 7. The van der Waals surface area contributed by atoms with Crippen molar-refractivity contribution >= 4 is 23.6 Å². The molecule has 1 aliphatic heterocycles. The molecule has 10 nitrogen and oxygen atoms in total. The van der Waals surface area contributed by atoms with Gasteiger partial charge in [-0.15, -0.1) is 0 Å². The van der Waals surface area contributed by atoms with Crippen LogP contribution in [0.4, 0.5) is 5.69 Å². The number of carboxylic acid groups (broad SMARTS) is 1. The number of carbonyl (C=O) groups excluding carboxylic acids is 2. The van der Waals surface area contributed by atoms with Crippen LogP contribution < -0.4 is 15.4 Å². The number of methoxy groups -OCH3 is 2. The summed E-state index contributed by atoms with van der Waals surface area (Å²) in [5, 5.41) is 19.2. The topological polar surface area (TPSA) is 152 Å². The largest absolute Gasteiger partial charge is 0.478 e. The number of hydrogen-bond acceptors (Lipinski definition) is 9. The van der Waals surface area contributed by atoms with Crippen molar-refractivity contribution in [1.82, 2.24) is 0 Å². The number of ether oxygens (including phenoxy) is 3. The molecule has 0 bridgehead atoms. The van der Waals surface area contributed by atoms with Crippen LogP contribution >= 0.6 is 0 Å². The van der Waals surface area contributed by atoms with Crippen molar-refractivity contribution in [2.45, 2.75) is 5.92 Å². The molecule has 0 radical (unpaired) electrons. The van der Waals surface area contributed by atoms with Gasteiger partial charge in [-0.3, -0.25) is 4.90 Å². The van der Waals surface area contributed by atoms with Gasteiger partial charge in [0.1, 0.15) is 23.0 Å². The molecule has 196 valence electrons. The molecule has 0 spiro atoms. The van der Waals surface area contributed by atoms with Gasteiger partial charge in [-0.2, -0.15) is 5.26 Å². The standard InChI is InChI=1S/C29H23N3O7/c1-37-28(35)24-23(17-6-4-3-5-7-17)22(16-30)26(31)32(25(24)29(36)38-2)19-10-14-21(15-11-19)39-20-12-8-18(9-13-20)27(33)34/h3-15,23H,31H2,1-2H3,(H,33,34). The number of nitrogens with zero attached hydrogens (tertiary/aromatic N) is 2. The Bertz CT molecular complexity index is 1520. The van der Waals surface area contributed by atoms with E-state index in [0.717, 1.165) is 0 Å². The molecule has 1 unspecified atom stereocenters. The van der Waals surface area contributed by atoms with Gasteiger partial charge in [0, 0.05) is 5.69 Å². The van der Waals surface area contributed by atoms with Crippen molar-refractivity contribution in [3.63, 3.8) is 0 Å².